The molecule has 26 heavy (non-hydrogen) atoms. The van der Waals surface area contributed by atoms with Gasteiger partial charge in [-0.1, -0.05) is 6.07 Å². The number of hydrogen-bond acceptors (Lipinski definition) is 6. The van der Waals surface area contributed by atoms with Crippen molar-refractivity contribution in [2.45, 2.75) is 6.04 Å². The van der Waals surface area contributed by atoms with E-state index in [4.69, 9.17) is 4.74 Å². The second kappa shape index (κ2) is 8.93. The van der Waals surface area contributed by atoms with E-state index in [2.05, 4.69) is 26.4 Å². The van der Waals surface area contributed by atoms with Gasteiger partial charge in [-0.2, -0.15) is 0 Å². The molecule has 0 radical (unpaired) electrons. The molecule has 7 heteroatoms. The Hall–Kier alpha value is -2.22. The van der Waals surface area contributed by atoms with E-state index in [1.54, 1.807) is 35.6 Å². The summed E-state index contributed by atoms with van der Waals surface area (Å²) in [5.74, 6) is -0.571. The van der Waals surface area contributed by atoms with Crippen molar-refractivity contribution >= 4 is 23.2 Å². The number of thiophene rings is 1. The summed E-state index contributed by atoms with van der Waals surface area (Å²) in [5.41, 5.74) is 0.943. The molecule has 0 saturated carbocycles. The molecule has 2 aromatic rings. The summed E-state index contributed by atoms with van der Waals surface area (Å²) < 4.78 is 10.1. The van der Waals surface area contributed by atoms with Gasteiger partial charge in [-0.25, -0.2) is 4.79 Å². The van der Waals surface area contributed by atoms with Gasteiger partial charge >= 0.3 is 5.97 Å². The van der Waals surface area contributed by atoms with Gasteiger partial charge in [-0.15, -0.1) is 11.3 Å². The highest BCUT2D eigenvalue weighted by Crippen LogP contribution is 2.25. The number of methoxy groups -OCH3 is 1. The van der Waals surface area contributed by atoms with Gasteiger partial charge in [0.25, 0.3) is 5.91 Å². The van der Waals surface area contributed by atoms with Crippen LogP contribution in [0.3, 0.4) is 0 Å². The van der Waals surface area contributed by atoms with Crippen LogP contribution in [0.15, 0.2) is 41.8 Å². The minimum absolute atomic E-state index is 0.136. The lowest BCUT2D eigenvalue weighted by Gasteiger charge is -2.34. The number of carbonyl (C=O) groups excluding carboxylic acids is 2. The highest BCUT2D eigenvalue weighted by Gasteiger charge is 2.24. The highest BCUT2D eigenvalue weighted by molar-refractivity contribution is 7.10. The fourth-order valence-electron chi connectivity index (χ4n) is 2.95. The number of ether oxygens (including phenoxy) is 2. The van der Waals surface area contributed by atoms with Crippen LogP contribution in [0, 0.1) is 0 Å². The first-order valence-corrected chi connectivity index (χ1v) is 9.39. The number of nitrogens with zero attached hydrogens (tertiary/aromatic N) is 1. The Morgan fingerprint density at radius 3 is 2.50 bits per heavy atom. The largest absolute Gasteiger partial charge is 0.465 e. The minimum Gasteiger partial charge on any atom is -0.465 e. The lowest BCUT2D eigenvalue weighted by Crippen LogP contribution is -2.43. The van der Waals surface area contributed by atoms with E-state index in [1.165, 1.54) is 12.0 Å². The lowest BCUT2D eigenvalue weighted by molar-refractivity contribution is 0.0169. The van der Waals surface area contributed by atoms with E-state index in [-0.39, 0.29) is 11.9 Å². The minimum atomic E-state index is -0.415. The van der Waals surface area contributed by atoms with Gasteiger partial charge in [0.15, 0.2) is 0 Å². The molecule has 1 aromatic carbocycles. The van der Waals surface area contributed by atoms with Gasteiger partial charge in [0.1, 0.15) is 0 Å². The molecule has 1 N–H and O–H groups in total. The van der Waals surface area contributed by atoms with E-state index in [0.717, 1.165) is 13.1 Å². The van der Waals surface area contributed by atoms with E-state index in [9.17, 15) is 9.59 Å². The molecule has 0 bridgehead atoms. The Balaban J connectivity index is 1.64. The van der Waals surface area contributed by atoms with Crippen LogP contribution in [-0.4, -0.2) is 56.7 Å². The predicted molar refractivity (Wildman–Crippen MR) is 99.6 cm³/mol. The van der Waals surface area contributed by atoms with Crippen molar-refractivity contribution in [2.24, 2.45) is 0 Å². The fraction of sp³-hybridized carbons (Fsp3) is 0.368. The zero-order valence-electron chi connectivity index (χ0n) is 14.6. The van der Waals surface area contributed by atoms with Crippen molar-refractivity contribution in [3.05, 3.63) is 57.8 Å². The third-order valence-electron chi connectivity index (χ3n) is 4.38. The van der Waals surface area contributed by atoms with E-state index >= 15 is 0 Å². The summed E-state index contributed by atoms with van der Waals surface area (Å²) in [7, 11) is 1.33. The average Bonchev–Trinajstić information content (AvgIpc) is 3.23. The monoisotopic (exact) mass is 374 g/mol. The molecule has 1 aliphatic heterocycles. The highest BCUT2D eigenvalue weighted by atomic mass is 32.1. The first kappa shape index (κ1) is 18.6. The topological polar surface area (TPSA) is 67.9 Å². The molecule has 1 amide bonds. The average molecular weight is 374 g/mol. The second-order valence-electron chi connectivity index (χ2n) is 5.96. The number of hydrogen-bond donors (Lipinski definition) is 1. The first-order chi connectivity index (χ1) is 12.7. The molecular formula is C19H22N2O4S. The number of rotatable bonds is 6. The third-order valence-corrected chi connectivity index (χ3v) is 5.36. The van der Waals surface area contributed by atoms with Crippen molar-refractivity contribution < 1.29 is 19.1 Å². The molecule has 2 heterocycles. The van der Waals surface area contributed by atoms with E-state index in [1.807, 2.05) is 6.07 Å². The molecule has 1 unspecified atom stereocenters. The van der Waals surface area contributed by atoms with Crippen LogP contribution in [0.5, 0.6) is 0 Å². The smallest absolute Gasteiger partial charge is 0.337 e. The van der Waals surface area contributed by atoms with E-state index in [0.29, 0.717) is 30.9 Å². The molecule has 1 atom stereocenters. The van der Waals surface area contributed by atoms with Crippen LogP contribution < -0.4 is 5.32 Å². The number of amides is 1. The van der Waals surface area contributed by atoms with Crippen LogP contribution in [0.25, 0.3) is 0 Å². The Morgan fingerprint density at radius 2 is 1.88 bits per heavy atom. The van der Waals surface area contributed by atoms with Crippen molar-refractivity contribution in [3.63, 3.8) is 0 Å². The Kier molecular flexibility index (Phi) is 6.38. The fourth-order valence-corrected chi connectivity index (χ4v) is 3.81. The zero-order valence-corrected chi connectivity index (χ0v) is 15.5. The quantitative estimate of drug-likeness (QED) is 0.786. The zero-order chi connectivity index (χ0) is 18.4. The van der Waals surface area contributed by atoms with Gasteiger partial charge in [-0.3, -0.25) is 9.69 Å². The number of nitrogens with one attached hydrogen (secondary N) is 1. The lowest BCUT2D eigenvalue weighted by atomic mass is 10.1. The Labute approximate surface area is 156 Å². The summed E-state index contributed by atoms with van der Waals surface area (Å²) in [6, 6.07) is 10.7. The molecular weight excluding hydrogens is 352 g/mol. The summed E-state index contributed by atoms with van der Waals surface area (Å²) in [5, 5.41) is 5.07. The molecule has 6 nitrogen and oxygen atoms in total. The molecule has 1 aromatic heterocycles. The van der Waals surface area contributed by atoms with Crippen LogP contribution in [0.2, 0.25) is 0 Å². The molecule has 3 rings (SSSR count). The standard InChI is InChI=1S/C19H22N2O4S/c1-24-19(23)15-6-4-14(5-7-15)18(22)20-13-16(17-3-2-12-26-17)21-8-10-25-11-9-21/h2-7,12,16H,8-11,13H2,1H3,(H,20,22). The maximum absolute atomic E-state index is 12.5. The Bertz CT molecular complexity index is 725. The molecule has 138 valence electrons. The van der Waals surface area contributed by atoms with Gasteiger partial charge in [0.2, 0.25) is 0 Å². The maximum atomic E-state index is 12.5. The van der Waals surface area contributed by atoms with Gasteiger partial charge in [0, 0.05) is 30.1 Å². The number of benzene rings is 1. The summed E-state index contributed by atoms with van der Waals surface area (Å²) in [6.45, 7) is 3.66. The normalized spacial score (nSPS) is 16.0. The number of morpholine rings is 1. The number of carbonyl (C=O) groups is 2. The van der Waals surface area contributed by atoms with Crippen molar-refractivity contribution in [1.29, 1.82) is 0 Å². The van der Waals surface area contributed by atoms with Crippen LogP contribution in [-0.2, 0) is 9.47 Å². The van der Waals surface area contributed by atoms with Crippen LogP contribution in [0.1, 0.15) is 31.6 Å². The SMILES string of the molecule is COC(=O)c1ccc(C(=O)NCC(c2cccs2)N2CCOCC2)cc1. The van der Waals surface area contributed by atoms with Crippen molar-refractivity contribution in [3.8, 4) is 0 Å². The molecule has 1 saturated heterocycles. The predicted octanol–water partition coefficient (Wildman–Crippen LogP) is 2.34. The van der Waals surface area contributed by atoms with Crippen LogP contribution >= 0.6 is 11.3 Å². The van der Waals surface area contributed by atoms with Crippen molar-refractivity contribution in [2.75, 3.05) is 40.0 Å². The number of esters is 1. The second-order valence-corrected chi connectivity index (χ2v) is 6.94. The van der Waals surface area contributed by atoms with Gasteiger partial charge in [-0.05, 0) is 35.7 Å². The summed E-state index contributed by atoms with van der Waals surface area (Å²) in [6.07, 6.45) is 0. The summed E-state index contributed by atoms with van der Waals surface area (Å²) in [4.78, 5) is 27.5. The van der Waals surface area contributed by atoms with Crippen molar-refractivity contribution in [1.82, 2.24) is 10.2 Å². The molecule has 0 spiro atoms. The molecule has 1 fully saturated rings. The molecule has 1 aliphatic rings. The van der Waals surface area contributed by atoms with E-state index < -0.39 is 5.97 Å². The van der Waals surface area contributed by atoms with Gasteiger partial charge < -0.3 is 14.8 Å². The molecule has 0 aliphatic carbocycles. The third kappa shape index (κ3) is 4.49. The Morgan fingerprint density at radius 1 is 1.19 bits per heavy atom. The maximum Gasteiger partial charge on any atom is 0.337 e. The van der Waals surface area contributed by atoms with Crippen LogP contribution in [0.4, 0.5) is 0 Å². The van der Waals surface area contributed by atoms with Gasteiger partial charge in [0.05, 0.1) is 31.9 Å². The first-order valence-electron chi connectivity index (χ1n) is 8.51. The summed E-state index contributed by atoms with van der Waals surface area (Å²) >= 11 is 1.69.